The normalized spacial score (nSPS) is 25.2. The fourth-order valence-corrected chi connectivity index (χ4v) is 2.27. The van der Waals surface area contributed by atoms with Crippen LogP contribution in [0.3, 0.4) is 0 Å². The number of likely N-dealkylation sites (tertiary alicyclic amines) is 1. The zero-order chi connectivity index (χ0) is 11.7. The van der Waals surface area contributed by atoms with Gasteiger partial charge in [-0.15, -0.1) is 0 Å². The average molecular weight is 223 g/mol. The molecule has 4 heteroatoms. The van der Waals surface area contributed by atoms with Gasteiger partial charge in [0.15, 0.2) is 0 Å². The van der Waals surface area contributed by atoms with Gasteiger partial charge in [0.1, 0.15) is 5.82 Å². The minimum absolute atomic E-state index is 0.0488. The summed E-state index contributed by atoms with van der Waals surface area (Å²) in [5.41, 5.74) is 0.513. The van der Waals surface area contributed by atoms with Crippen LogP contribution in [0.15, 0.2) is 24.3 Å². The molecule has 2 atom stereocenters. The molecule has 1 aromatic carbocycles. The zero-order valence-corrected chi connectivity index (χ0v) is 9.06. The number of nitrogens with zero attached hydrogens (tertiary/aromatic N) is 1. The van der Waals surface area contributed by atoms with Crippen LogP contribution < -0.4 is 0 Å². The van der Waals surface area contributed by atoms with Crippen LogP contribution in [0.25, 0.3) is 0 Å². The first-order valence-corrected chi connectivity index (χ1v) is 5.26. The number of likely N-dealkylation sites (N-methyl/N-ethyl adjacent to an activating group) is 1. The van der Waals surface area contributed by atoms with E-state index in [4.69, 9.17) is 0 Å². The van der Waals surface area contributed by atoms with Crippen molar-refractivity contribution in [2.45, 2.75) is 18.4 Å². The lowest BCUT2D eigenvalue weighted by Crippen LogP contribution is -2.34. The molecule has 1 aliphatic rings. The standard InChI is InChI=1S/C12H14FNO2/c1-14-11(7-15)9(6-12(14)16)8-4-2-3-5-10(8)13/h2-5,9,11,15H,6-7H2,1H3/t9-,11-/m0/s1. The van der Waals surface area contributed by atoms with Crippen LogP contribution in [0.2, 0.25) is 0 Å². The lowest BCUT2D eigenvalue weighted by molar-refractivity contribution is -0.128. The Hall–Kier alpha value is -1.42. The highest BCUT2D eigenvalue weighted by atomic mass is 19.1. The van der Waals surface area contributed by atoms with Crippen LogP contribution in [0.4, 0.5) is 4.39 Å². The summed E-state index contributed by atoms with van der Waals surface area (Å²) < 4.78 is 13.6. The molecular weight excluding hydrogens is 209 g/mol. The van der Waals surface area contributed by atoms with Crippen molar-refractivity contribution in [1.29, 1.82) is 0 Å². The topological polar surface area (TPSA) is 40.5 Å². The summed E-state index contributed by atoms with van der Waals surface area (Å²) >= 11 is 0. The molecule has 1 aromatic rings. The second-order valence-electron chi connectivity index (χ2n) is 4.09. The lowest BCUT2D eigenvalue weighted by atomic mass is 9.91. The lowest BCUT2D eigenvalue weighted by Gasteiger charge is -2.23. The molecule has 1 fully saturated rings. The highest BCUT2D eigenvalue weighted by Gasteiger charge is 2.38. The van der Waals surface area contributed by atoms with Gasteiger partial charge in [0.05, 0.1) is 12.6 Å². The minimum atomic E-state index is -0.315. The van der Waals surface area contributed by atoms with Gasteiger partial charge < -0.3 is 10.0 Å². The summed E-state index contributed by atoms with van der Waals surface area (Å²) in [5, 5.41) is 9.26. The number of hydrogen-bond donors (Lipinski definition) is 1. The number of carbonyl (C=O) groups excluding carboxylic acids is 1. The summed E-state index contributed by atoms with van der Waals surface area (Å²) in [6.07, 6.45) is 0.267. The Kier molecular flexibility index (Phi) is 2.92. The summed E-state index contributed by atoms with van der Waals surface area (Å²) in [5.74, 6) is -0.606. The molecule has 0 bridgehead atoms. The van der Waals surface area contributed by atoms with Crippen LogP contribution >= 0.6 is 0 Å². The predicted molar refractivity (Wildman–Crippen MR) is 57.4 cm³/mol. The molecule has 0 radical (unpaired) electrons. The Morgan fingerprint density at radius 3 is 2.81 bits per heavy atom. The van der Waals surface area contributed by atoms with Gasteiger partial charge in [0, 0.05) is 19.4 Å². The van der Waals surface area contributed by atoms with Gasteiger partial charge in [0.25, 0.3) is 0 Å². The Balaban J connectivity index is 2.35. The van der Waals surface area contributed by atoms with Crippen molar-refractivity contribution in [3.05, 3.63) is 35.6 Å². The minimum Gasteiger partial charge on any atom is -0.394 e. The van der Waals surface area contributed by atoms with Gasteiger partial charge >= 0.3 is 0 Å². The maximum Gasteiger partial charge on any atom is 0.223 e. The van der Waals surface area contributed by atoms with E-state index in [1.807, 2.05) is 0 Å². The third-order valence-electron chi connectivity index (χ3n) is 3.24. The number of carbonyl (C=O) groups is 1. The van der Waals surface area contributed by atoms with E-state index in [1.165, 1.54) is 11.0 Å². The van der Waals surface area contributed by atoms with E-state index >= 15 is 0 Å². The maximum absolute atomic E-state index is 13.6. The van der Waals surface area contributed by atoms with Crippen LogP contribution in [0.1, 0.15) is 17.9 Å². The van der Waals surface area contributed by atoms with E-state index < -0.39 is 0 Å². The third kappa shape index (κ3) is 1.69. The van der Waals surface area contributed by atoms with Crippen molar-refractivity contribution < 1.29 is 14.3 Å². The predicted octanol–water partition coefficient (Wildman–Crippen LogP) is 1.13. The zero-order valence-electron chi connectivity index (χ0n) is 9.06. The monoisotopic (exact) mass is 223 g/mol. The third-order valence-corrected chi connectivity index (χ3v) is 3.24. The molecular formula is C12H14FNO2. The number of aliphatic hydroxyl groups is 1. The highest BCUT2D eigenvalue weighted by molar-refractivity contribution is 5.80. The SMILES string of the molecule is CN1C(=O)C[C@@H](c2ccccc2F)[C@@H]1CO. The first kappa shape index (κ1) is 11.1. The quantitative estimate of drug-likeness (QED) is 0.816. The maximum atomic E-state index is 13.6. The van der Waals surface area contributed by atoms with E-state index in [2.05, 4.69) is 0 Å². The van der Waals surface area contributed by atoms with Gasteiger partial charge in [0.2, 0.25) is 5.91 Å². The van der Waals surface area contributed by atoms with E-state index in [1.54, 1.807) is 25.2 Å². The Morgan fingerprint density at radius 2 is 2.19 bits per heavy atom. The van der Waals surface area contributed by atoms with Crippen molar-refractivity contribution in [2.24, 2.45) is 0 Å². The number of rotatable bonds is 2. The fraction of sp³-hybridized carbons (Fsp3) is 0.417. The summed E-state index contributed by atoms with van der Waals surface area (Å²) in [6, 6.07) is 6.11. The van der Waals surface area contributed by atoms with Gasteiger partial charge in [-0.1, -0.05) is 18.2 Å². The number of aliphatic hydroxyl groups excluding tert-OH is 1. The first-order valence-electron chi connectivity index (χ1n) is 5.26. The molecule has 3 nitrogen and oxygen atoms in total. The molecule has 16 heavy (non-hydrogen) atoms. The second kappa shape index (κ2) is 4.22. The van der Waals surface area contributed by atoms with Crippen molar-refractivity contribution >= 4 is 5.91 Å². The Morgan fingerprint density at radius 1 is 1.50 bits per heavy atom. The smallest absolute Gasteiger partial charge is 0.223 e. The second-order valence-corrected chi connectivity index (χ2v) is 4.09. The molecule has 86 valence electrons. The molecule has 1 aliphatic heterocycles. The van der Waals surface area contributed by atoms with E-state index in [9.17, 15) is 14.3 Å². The van der Waals surface area contributed by atoms with Crippen molar-refractivity contribution in [1.82, 2.24) is 4.90 Å². The van der Waals surface area contributed by atoms with Crippen molar-refractivity contribution in [3.8, 4) is 0 Å². The van der Waals surface area contributed by atoms with Gasteiger partial charge in [-0.2, -0.15) is 0 Å². The van der Waals surface area contributed by atoms with Crippen LogP contribution in [-0.4, -0.2) is 35.6 Å². The summed E-state index contributed by atoms with van der Waals surface area (Å²) in [7, 11) is 1.64. The first-order chi connectivity index (χ1) is 7.65. The van der Waals surface area contributed by atoms with Gasteiger partial charge in [-0.05, 0) is 11.6 Å². The van der Waals surface area contributed by atoms with E-state index in [0.717, 1.165) is 0 Å². The number of amides is 1. The van der Waals surface area contributed by atoms with Crippen LogP contribution in [0.5, 0.6) is 0 Å². The summed E-state index contributed by atoms with van der Waals surface area (Å²) in [4.78, 5) is 13.0. The van der Waals surface area contributed by atoms with Gasteiger partial charge in [-0.25, -0.2) is 4.39 Å². The molecule has 0 aromatic heterocycles. The average Bonchev–Trinajstić information content (AvgIpc) is 2.56. The van der Waals surface area contributed by atoms with E-state index in [0.29, 0.717) is 5.56 Å². The largest absolute Gasteiger partial charge is 0.394 e. The van der Waals surface area contributed by atoms with Crippen LogP contribution in [-0.2, 0) is 4.79 Å². The highest BCUT2D eigenvalue weighted by Crippen LogP contribution is 2.34. The van der Waals surface area contributed by atoms with Crippen LogP contribution in [0, 0.1) is 5.82 Å². The number of benzene rings is 1. The molecule has 2 rings (SSSR count). The fourth-order valence-electron chi connectivity index (χ4n) is 2.27. The Labute approximate surface area is 93.5 Å². The molecule has 0 unspecified atom stereocenters. The molecule has 1 saturated heterocycles. The molecule has 0 aliphatic carbocycles. The Bertz CT molecular complexity index is 408. The van der Waals surface area contributed by atoms with Gasteiger partial charge in [-0.3, -0.25) is 4.79 Å². The molecule has 0 spiro atoms. The van der Waals surface area contributed by atoms with E-state index in [-0.39, 0.29) is 36.7 Å². The number of halogens is 1. The van der Waals surface area contributed by atoms with Crippen molar-refractivity contribution in [2.75, 3.05) is 13.7 Å². The molecule has 0 saturated carbocycles. The molecule has 1 heterocycles. The van der Waals surface area contributed by atoms with Crippen molar-refractivity contribution in [3.63, 3.8) is 0 Å². The molecule has 1 N–H and O–H groups in total. The molecule has 1 amide bonds. The number of hydrogen-bond acceptors (Lipinski definition) is 2. The summed E-state index contributed by atoms with van der Waals surface area (Å²) in [6.45, 7) is -0.138.